The first-order valence-corrected chi connectivity index (χ1v) is 4.15. The van der Waals surface area contributed by atoms with E-state index in [2.05, 4.69) is 0 Å². The Balaban J connectivity index is 0.000000360. The third-order valence-electron chi connectivity index (χ3n) is 1.08. The minimum atomic E-state index is 0. The summed E-state index contributed by atoms with van der Waals surface area (Å²) in [4.78, 5) is 0. The molecule has 3 heteroatoms. The van der Waals surface area contributed by atoms with Crippen molar-refractivity contribution in [3.63, 3.8) is 0 Å². The zero-order chi connectivity index (χ0) is 4.24. The summed E-state index contributed by atoms with van der Waals surface area (Å²) in [6, 6.07) is 0. The molecule has 0 amide bonds. The summed E-state index contributed by atoms with van der Waals surface area (Å²) in [5.41, 5.74) is 0. The Hall–Kier alpha value is 1.29. The van der Waals surface area contributed by atoms with Crippen molar-refractivity contribution in [3.8, 4) is 0 Å². The standard InChI is InChI=1S/C4H8O.Al.Sn.H/c1-2-3-4-5;;;/h1-4H2;;;/q-1;+1;;. The van der Waals surface area contributed by atoms with Crippen molar-refractivity contribution in [2.24, 2.45) is 0 Å². The minimum Gasteiger partial charge on any atom is -0.503 e. The van der Waals surface area contributed by atoms with Crippen LogP contribution in [0.2, 0.25) is 5.28 Å². The van der Waals surface area contributed by atoms with E-state index >= 15 is 0 Å². The maximum Gasteiger partial charge on any atom is 0.435 e. The summed E-state index contributed by atoms with van der Waals surface area (Å²) in [6.07, 6.45) is 2.75. The first-order chi connectivity index (χ1) is 3.00. The molecule has 1 aliphatic heterocycles. The molecule has 1 fully saturated rings. The van der Waals surface area contributed by atoms with Crippen LogP contribution in [0.3, 0.4) is 0 Å². The summed E-state index contributed by atoms with van der Waals surface area (Å²) >= 11 is 0.00849. The van der Waals surface area contributed by atoms with Crippen LogP contribution in [0.4, 0.5) is 0 Å². The molecule has 0 aromatic carbocycles. The zero-order valence-corrected chi connectivity index (χ0v) is 8.71. The quantitative estimate of drug-likeness (QED) is 0.528. The normalized spacial score (nSPS) is 19.4. The second-order valence-corrected chi connectivity index (χ2v) is 3.20. The average molecular weight is 219 g/mol. The van der Waals surface area contributed by atoms with E-state index in [1.165, 1.54) is 18.1 Å². The molecule has 1 nitrogen and oxygen atoms in total. The van der Waals surface area contributed by atoms with Crippen LogP contribution >= 0.6 is 0 Å². The maximum atomic E-state index is 5.21. The van der Waals surface area contributed by atoms with Gasteiger partial charge in [0.05, 0.1) is 0 Å². The number of hydrogen-bond acceptors (Lipinski definition) is 1. The van der Waals surface area contributed by atoms with Gasteiger partial charge in [0.1, 0.15) is 0 Å². The van der Waals surface area contributed by atoms with E-state index in [0.717, 1.165) is 6.61 Å². The Morgan fingerprint density at radius 2 is 2.14 bits per heavy atom. The van der Waals surface area contributed by atoms with Crippen LogP contribution in [0.25, 0.3) is 0 Å². The summed E-state index contributed by atoms with van der Waals surface area (Å²) in [7, 11) is 0. The molecular formula is C4H9AlOSn. The van der Waals surface area contributed by atoms with Crippen LogP contribution in [-0.2, 0) is 3.79 Å². The third-order valence-corrected chi connectivity index (χ3v) is 2.44. The van der Waals surface area contributed by atoms with Gasteiger partial charge in [-0.2, -0.15) is 0 Å². The molecule has 1 saturated heterocycles. The SMILES string of the molecule is C1C[CH2][AlH][O]C1.[Sn]. The van der Waals surface area contributed by atoms with Crippen molar-refractivity contribution in [2.75, 3.05) is 6.61 Å². The van der Waals surface area contributed by atoms with E-state index in [0.29, 0.717) is 0 Å². The van der Waals surface area contributed by atoms with Crippen LogP contribution in [0.1, 0.15) is 12.8 Å². The van der Waals surface area contributed by atoms with Gasteiger partial charge in [-0.15, -0.1) is 0 Å². The van der Waals surface area contributed by atoms with Gasteiger partial charge in [0.2, 0.25) is 0 Å². The van der Waals surface area contributed by atoms with E-state index < -0.39 is 0 Å². The van der Waals surface area contributed by atoms with Crippen molar-refractivity contribution in [3.05, 3.63) is 0 Å². The second kappa shape index (κ2) is 5.43. The predicted molar refractivity (Wildman–Crippen MR) is 32.9 cm³/mol. The molecule has 0 unspecified atom stereocenters. The summed E-state index contributed by atoms with van der Waals surface area (Å²) < 4.78 is 5.21. The molecule has 0 bridgehead atoms. The molecule has 1 aliphatic rings. The fourth-order valence-electron chi connectivity index (χ4n) is 0.687. The van der Waals surface area contributed by atoms with Crippen molar-refractivity contribution in [1.29, 1.82) is 0 Å². The average Bonchev–Trinajstić information content (AvgIpc) is 1.72. The maximum absolute atomic E-state index is 5.21. The second-order valence-electron chi connectivity index (χ2n) is 1.67. The number of rotatable bonds is 0. The molecule has 1 rings (SSSR count). The van der Waals surface area contributed by atoms with Crippen molar-refractivity contribution in [1.82, 2.24) is 0 Å². The van der Waals surface area contributed by atoms with E-state index in [9.17, 15) is 0 Å². The van der Waals surface area contributed by atoms with Crippen LogP contribution in [0.5, 0.6) is 0 Å². The molecule has 0 N–H and O–H groups in total. The zero-order valence-electron chi connectivity index (χ0n) is 4.44. The summed E-state index contributed by atoms with van der Waals surface area (Å²) in [6.45, 7) is 1.06. The van der Waals surface area contributed by atoms with Gasteiger partial charge in [0.25, 0.3) is 0 Å². The first-order valence-electron chi connectivity index (χ1n) is 2.58. The fraction of sp³-hybridized carbons (Fsp3) is 1.00. The van der Waals surface area contributed by atoms with Gasteiger partial charge >= 0.3 is 15.6 Å². The molecule has 0 aliphatic carbocycles. The van der Waals surface area contributed by atoms with E-state index in [1.807, 2.05) is 0 Å². The minimum absolute atomic E-state index is 0. The van der Waals surface area contributed by atoms with Gasteiger partial charge in [0, 0.05) is 30.5 Å². The largest absolute Gasteiger partial charge is 0.503 e. The van der Waals surface area contributed by atoms with Crippen molar-refractivity contribution in [2.45, 2.75) is 18.1 Å². The molecule has 1 heterocycles. The fourth-order valence-corrected chi connectivity index (χ4v) is 1.86. The molecule has 0 saturated carbocycles. The van der Waals surface area contributed by atoms with Gasteiger partial charge in [0.15, 0.2) is 0 Å². The smallest absolute Gasteiger partial charge is 0.435 e. The van der Waals surface area contributed by atoms with E-state index in [1.54, 1.807) is 0 Å². The van der Waals surface area contributed by atoms with Crippen LogP contribution in [0.15, 0.2) is 0 Å². The van der Waals surface area contributed by atoms with Gasteiger partial charge in [-0.1, -0.05) is 11.7 Å². The van der Waals surface area contributed by atoms with E-state index in [-0.39, 0.29) is 39.5 Å². The Kier molecular flexibility index (Phi) is 6.43. The van der Waals surface area contributed by atoms with Gasteiger partial charge in [-0.05, 0) is 6.42 Å². The molecule has 7 heavy (non-hydrogen) atoms. The molecule has 0 aromatic heterocycles. The van der Waals surface area contributed by atoms with Crippen LogP contribution in [-0.4, -0.2) is 46.1 Å². The van der Waals surface area contributed by atoms with Crippen molar-refractivity contribution >= 4 is 39.5 Å². The Bertz CT molecular complexity index is 27.2. The first kappa shape index (κ1) is 8.29. The number of hydrogen-bond donors (Lipinski definition) is 0. The molecular weight excluding hydrogens is 210 g/mol. The Morgan fingerprint density at radius 3 is 2.29 bits per heavy atom. The predicted octanol–water partition coefficient (Wildman–Crippen LogP) is 0.186. The van der Waals surface area contributed by atoms with Crippen molar-refractivity contribution < 1.29 is 3.79 Å². The molecule has 0 spiro atoms. The third kappa shape index (κ3) is 3.84. The molecule has 0 atom stereocenters. The molecule has 38 valence electrons. The molecule has 0 aromatic rings. The Labute approximate surface area is 67.8 Å². The van der Waals surface area contributed by atoms with E-state index in [4.69, 9.17) is 3.79 Å². The van der Waals surface area contributed by atoms with Crippen LogP contribution in [0, 0.1) is 0 Å². The Morgan fingerprint density at radius 1 is 1.29 bits per heavy atom. The summed E-state index contributed by atoms with van der Waals surface area (Å²) in [5.74, 6) is 0. The monoisotopic (exact) mass is 220 g/mol. The van der Waals surface area contributed by atoms with Gasteiger partial charge < -0.3 is 3.79 Å². The summed E-state index contributed by atoms with van der Waals surface area (Å²) in [5, 5.41) is 1.42. The topological polar surface area (TPSA) is 9.23 Å². The van der Waals surface area contributed by atoms with Gasteiger partial charge in [-0.3, -0.25) is 0 Å². The molecule has 4 radical (unpaired) electrons. The van der Waals surface area contributed by atoms with Crippen LogP contribution < -0.4 is 0 Å². The van der Waals surface area contributed by atoms with Gasteiger partial charge in [-0.25, -0.2) is 0 Å².